The highest BCUT2D eigenvalue weighted by Crippen LogP contribution is 2.22. The van der Waals surface area contributed by atoms with Crippen LogP contribution in [0, 0.1) is 17.1 Å². The highest BCUT2D eigenvalue weighted by Gasteiger charge is 2.22. The van der Waals surface area contributed by atoms with Gasteiger partial charge in [0.2, 0.25) is 5.91 Å². The smallest absolute Gasteiger partial charge is 0.227 e. The molecular formula is C25H24FN5O. The number of halogens is 1. The Balaban J connectivity index is 1.16. The molecule has 0 radical (unpaired) electrons. The Hall–Kier alpha value is -3.63. The van der Waals surface area contributed by atoms with E-state index in [0.29, 0.717) is 18.7 Å². The lowest BCUT2D eigenvalue weighted by atomic mass is 10.1. The zero-order chi connectivity index (χ0) is 22.1. The first-order valence-corrected chi connectivity index (χ1v) is 10.9. The second kappa shape index (κ2) is 8.48. The molecule has 1 amide bonds. The molecule has 6 nitrogen and oxygen atoms in total. The van der Waals surface area contributed by atoms with Crippen LogP contribution in [0.5, 0.6) is 0 Å². The van der Waals surface area contributed by atoms with Crippen molar-refractivity contribution in [3.63, 3.8) is 0 Å². The number of hydrogen-bond acceptors (Lipinski definition) is 3. The van der Waals surface area contributed by atoms with Crippen LogP contribution in [0.4, 0.5) is 4.39 Å². The van der Waals surface area contributed by atoms with Crippen molar-refractivity contribution in [2.45, 2.75) is 12.8 Å². The van der Waals surface area contributed by atoms with E-state index in [-0.39, 0.29) is 18.1 Å². The largest absolute Gasteiger partial charge is 0.361 e. The molecule has 0 spiro atoms. The molecule has 0 unspecified atom stereocenters. The minimum Gasteiger partial charge on any atom is -0.361 e. The van der Waals surface area contributed by atoms with Crippen LogP contribution in [0.1, 0.15) is 16.7 Å². The molecule has 2 aromatic carbocycles. The maximum Gasteiger partial charge on any atom is 0.227 e. The highest BCUT2D eigenvalue weighted by atomic mass is 19.1. The van der Waals surface area contributed by atoms with Gasteiger partial charge in [-0.25, -0.2) is 4.39 Å². The Morgan fingerprint density at radius 1 is 0.969 bits per heavy atom. The van der Waals surface area contributed by atoms with Crippen LogP contribution in [0.15, 0.2) is 48.8 Å². The summed E-state index contributed by atoms with van der Waals surface area (Å²) in [5.74, 6) is -0.214. The number of fused-ring (bicyclic) bond motifs is 2. The first-order chi connectivity index (χ1) is 15.6. The molecule has 4 aromatic rings. The summed E-state index contributed by atoms with van der Waals surface area (Å²) in [6, 6.07) is 12.5. The summed E-state index contributed by atoms with van der Waals surface area (Å²) >= 11 is 0. The molecular weight excluding hydrogens is 405 g/mol. The molecule has 3 heterocycles. The average molecular weight is 429 g/mol. The van der Waals surface area contributed by atoms with E-state index in [1.54, 1.807) is 12.3 Å². The fourth-order valence-electron chi connectivity index (χ4n) is 4.53. The Morgan fingerprint density at radius 2 is 1.66 bits per heavy atom. The van der Waals surface area contributed by atoms with Crippen molar-refractivity contribution >= 4 is 27.7 Å². The van der Waals surface area contributed by atoms with Gasteiger partial charge in [0, 0.05) is 66.9 Å². The lowest BCUT2D eigenvalue weighted by Gasteiger charge is -2.34. The topological polar surface area (TPSA) is 78.9 Å². The summed E-state index contributed by atoms with van der Waals surface area (Å²) in [6.45, 7) is 3.97. The predicted molar refractivity (Wildman–Crippen MR) is 122 cm³/mol. The van der Waals surface area contributed by atoms with Crippen LogP contribution in [0.25, 0.3) is 21.8 Å². The van der Waals surface area contributed by atoms with Crippen molar-refractivity contribution in [3.05, 3.63) is 71.3 Å². The average Bonchev–Trinajstić information content (AvgIpc) is 3.41. The SMILES string of the molecule is N#Cc1ccc2[nH]cc(CCN3CCN(C(=O)Cc4c[nH]c5ccc(F)cc45)CC3)c2c1. The number of benzene rings is 2. The third kappa shape index (κ3) is 3.97. The third-order valence-electron chi connectivity index (χ3n) is 6.39. The molecule has 162 valence electrons. The Morgan fingerprint density at radius 3 is 2.41 bits per heavy atom. The van der Waals surface area contributed by atoms with Crippen molar-refractivity contribution in [1.82, 2.24) is 19.8 Å². The number of nitrogens with zero attached hydrogens (tertiary/aromatic N) is 3. The monoisotopic (exact) mass is 429 g/mol. The second-order valence-corrected chi connectivity index (χ2v) is 8.34. The second-order valence-electron chi connectivity index (χ2n) is 8.34. The van der Waals surface area contributed by atoms with E-state index in [0.717, 1.165) is 53.4 Å². The fourth-order valence-corrected chi connectivity index (χ4v) is 4.53. The molecule has 1 aliphatic heterocycles. The first-order valence-electron chi connectivity index (χ1n) is 10.9. The van der Waals surface area contributed by atoms with E-state index >= 15 is 0 Å². The van der Waals surface area contributed by atoms with Crippen molar-refractivity contribution in [1.29, 1.82) is 5.26 Å². The number of carbonyl (C=O) groups excluding carboxylic acids is 1. The minimum atomic E-state index is -0.293. The molecule has 2 N–H and O–H groups in total. The van der Waals surface area contributed by atoms with Gasteiger partial charge in [0.05, 0.1) is 18.1 Å². The number of hydrogen-bond donors (Lipinski definition) is 2. The number of carbonyl (C=O) groups is 1. The third-order valence-corrected chi connectivity index (χ3v) is 6.39. The maximum absolute atomic E-state index is 13.6. The summed E-state index contributed by atoms with van der Waals surface area (Å²) in [5.41, 5.74) is 4.61. The van der Waals surface area contributed by atoms with Crippen LogP contribution < -0.4 is 0 Å². The lowest BCUT2D eigenvalue weighted by Crippen LogP contribution is -2.49. The molecule has 0 bridgehead atoms. The Labute approximate surface area is 185 Å². The van der Waals surface area contributed by atoms with E-state index in [2.05, 4.69) is 20.9 Å². The van der Waals surface area contributed by atoms with Crippen LogP contribution in [-0.4, -0.2) is 58.4 Å². The van der Waals surface area contributed by atoms with Crippen molar-refractivity contribution in [2.75, 3.05) is 32.7 Å². The van der Waals surface area contributed by atoms with Crippen molar-refractivity contribution in [2.24, 2.45) is 0 Å². The van der Waals surface area contributed by atoms with Crippen LogP contribution in [-0.2, 0) is 17.6 Å². The summed E-state index contributed by atoms with van der Waals surface area (Å²) in [5, 5.41) is 11.0. The van der Waals surface area contributed by atoms with Crippen LogP contribution in [0.3, 0.4) is 0 Å². The summed E-state index contributed by atoms with van der Waals surface area (Å²) in [4.78, 5) is 23.5. The fraction of sp³-hybridized carbons (Fsp3) is 0.280. The zero-order valence-corrected chi connectivity index (χ0v) is 17.7. The van der Waals surface area contributed by atoms with Gasteiger partial charge in [-0.05, 0) is 53.9 Å². The molecule has 0 saturated carbocycles. The van der Waals surface area contributed by atoms with Crippen LogP contribution in [0.2, 0.25) is 0 Å². The number of amides is 1. The summed E-state index contributed by atoms with van der Waals surface area (Å²) in [6.07, 6.45) is 5.00. The molecule has 5 rings (SSSR count). The number of piperazine rings is 1. The molecule has 0 aliphatic carbocycles. The number of aromatic amines is 2. The Kier molecular flexibility index (Phi) is 5.38. The molecule has 2 aromatic heterocycles. The quantitative estimate of drug-likeness (QED) is 0.509. The van der Waals surface area contributed by atoms with Crippen LogP contribution >= 0.6 is 0 Å². The van der Waals surface area contributed by atoms with Crippen molar-refractivity contribution < 1.29 is 9.18 Å². The van der Waals surface area contributed by atoms with Gasteiger partial charge in [0.1, 0.15) is 5.82 Å². The number of rotatable bonds is 5. The summed E-state index contributed by atoms with van der Waals surface area (Å²) in [7, 11) is 0. The highest BCUT2D eigenvalue weighted by molar-refractivity contribution is 5.89. The summed E-state index contributed by atoms with van der Waals surface area (Å²) < 4.78 is 13.6. The van der Waals surface area contributed by atoms with E-state index in [9.17, 15) is 9.18 Å². The minimum absolute atomic E-state index is 0.0791. The van der Waals surface area contributed by atoms with Gasteiger partial charge in [0.25, 0.3) is 0 Å². The zero-order valence-electron chi connectivity index (χ0n) is 17.7. The van der Waals surface area contributed by atoms with Gasteiger partial charge in [-0.1, -0.05) is 0 Å². The normalized spacial score (nSPS) is 14.8. The predicted octanol–water partition coefficient (Wildman–Crippen LogP) is 3.59. The molecule has 1 saturated heterocycles. The Bertz CT molecular complexity index is 1320. The number of nitriles is 1. The molecule has 7 heteroatoms. The number of nitrogens with one attached hydrogen (secondary N) is 2. The maximum atomic E-state index is 13.6. The number of H-pyrrole nitrogens is 2. The van der Waals surface area contributed by atoms with Gasteiger partial charge >= 0.3 is 0 Å². The molecule has 32 heavy (non-hydrogen) atoms. The first kappa shape index (κ1) is 20.3. The van der Waals surface area contributed by atoms with Gasteiger partial charge in [-0.3, -0.25) is 9.69 Å². The lowest BCUT2D eigenvalue weighted by molar-refractivity contribution is -0.132. The standard InChI is InChI=1S/C25H24FN5O/c26-20-2-4-24-22(13-20)19(16-29-24)12-25(32)31-9-7-30(8-10-31)6-5-18-15-28-23-3-1-17(14-27)11-21(18)23/h1-4,11,13,15-16,28-29H,5-10,12H2. The molecule has 0 atom stereocenters. The van der Waals surface area contributed by atoms with Gasteiger partial charge in [0.15, 0.2) is 0 Å². The molecule has 1 aliphatic rings. The van der Waals surface area contributed by atoms with Crippen molar-refractivity contribution in [3.8, 4) is 6.07 Å². The molecule has 1 fully saturated rings. The van der Waals surface area contributed by atoms with Gasteiger partial charge in [-0.15, -0.1) is 0 Å². The van der Waals surface area contributed by atoms with E-state index in [1.807, 2.05) is 29.3 Å². The van der Waals surface area contributed by atoms with Gasteiger partial charge < -0.3 is 14.9 Å². The van der Waals surface area contributed by atoms with E-state index in [1.165, 1.54) is 17.7 Å². The number of aromatic nitrogens is 2. The van der Waals surface area contributed by atoms with Gasteiger partial charge in [-0.2, -0.15) is 5.26 Å². The van der Waals surface area contributed by atoms with E-state index < -0.39 is 0 Å². The van der Waals surface area contributed by atoms with E-state index in [4.69, 9.17) is 5.26 Å².